The van der Waals surface area contributed by atoms with E-state index >= 15 is 0 Å². The SMILES string of the molecule is Cc1ccc(OC(C)C(=O)Nc2cccc(C(=O)N3CCC(C)CC3)c2)cc1. The number of likely N-dealkylation sites (tertiary alicyclic amines) is 1. The Morgan fingerprint density at radius 3 is 2.46 bits per heavy atom. The molecule has 5 nitrogen and oxygen atoms in total. The van der Waals surface area contributed by atoms with E-state index in [4.69, 9.17) is 4.74 Å². The number of ether oxygens (including phenoxy) is 1. The Bertz CT molecular complexity index is 824. The van der Waals surface area contributed by atoms with Gasteiger partial charge in [-0.25, -0.2) is 0 Å². The summed E-state index contributed by atoms with van der Waals surface area (Å²) in [5.74, 6) is 1.09. The lowest BCUT2D eigenvalue weighted by Crippen LogP contribution is -2.38. The first-order valence-corrected chi connectivity index (χ1v) is 9.86. The summed E-state index contributed by atoms with van der Waals surface area (Å²) in [6.07, 6.45) is 1.43. The molecule has 1 saturated heterocycles. The van der Waals surface area contributed by atoms with Gasteiger partial charge in [0, 0.05) is 24.3 Å². The monoisotopic (exact) mass is 380 g/mol. The highest BCUT2D eigenvalue weighted by molar-refractivity contribution is 5.98. The van der Waals surface area contributed by atoms with E-state index in [1.54, 1.807) is 31.2 Å². The molecule has 1 fully saturated rings. The van der Waals surface area contributed by atoms with Gasteiger partial charge < -0.3 is 15.0 Å². The lowest BCUT2D eigenvalue weighted by atomic mass is 9.98. The molecule has 1 aliphatic heterocycles. The van der Waals surface area contributed by atoms with Crippen molar-refractivity contribution in [3.63, 3.8) is 0 Å². The first-order chi connectivity index (χ1) is 13.4. The molecule has 0 spiro atoms. The maximum absolute atomic E-state index is 12.7. The van der Waals surface area contributed by atoms with Crippen molar-refractivity contribution in [2.24, 2.45) is 5.92 Å². The van der Waals surface area contributed by atoms with Crippen molar-refractivity contribution in [1.82, 2.24) is 4.90 Å². The molecule has 0 saturated carbocycles. The average molecular weight is 380 g/mol. The van der Waals surface area contributed by atoms with Crippen molar-refractivity contribution < 1.29 is 14.3 Å². The van der Waals surface area contributed by atoms with Crippen LogP contribution < -0.4 is 10.1 Å². The molecule has 148 valence electrons. The third-order valence-corrected chi connectivity index (χ3v) is 5.15. The van der Waals surface area contributed by atoms with Crippen LogP contribution in [0.5, 0.6) is 5.75 Å². The zero-order chi connectivity index (χ0) is 20.1. The maximum Gasteiger partial charge on any atom is 0.265 e. The van der Waals surface area contributed by atoms with Crippen LogP contribution in [-0.4, -0.2) is 35.9 Å². The molecule has 0 radical (unpaired) electrons. The van der Waals surface area contributed by atoms with Gasteiger partial charge in [0.05, 0.1) is 0 Å². The van der Waals surface area contributed by atoms with Gasteiger partial charge in [-0.15, -0.1) is 0 Å². The number of rotatable bonds is 5. The zero-order valence-electron chi connectivity index (χ0n) is 16.8. The molecule has 0 aromatic heterocycles. The van der Waals surface area contributed by atoms with E-state index < -0.39 is 6.10 Å². The van der Waals surface area contributed by atoms with Gasteiger partial charge in [0.1, 0.15) is 5.75 Å². The fourth-order valence-electron chi connectivity index (χ4n) is 3.24. The maximum atomic E-state index is 12.7. The van der Waals surface area contributed by atoms with E-state index in [1.165, 1.54) is 0 Å². The Labute approximate surface area is 166 Å². The van der Waals surface area contributed by atoms with Crippen molar-refractivity contribution in [2.45, 2.75) is 39.7 Å². The summed E-state index contributed by atoms with van der Waals surface area (Å²) >= 11 is 0. The van der Waals surface area contributed by atoms with Gasteiger partial charge in [0.2, 0.25) is 0 Å². The zero-order valence-corrected chi connectivity index (χ0v) is 16.8. The van der Waals surface area contributed by atoms with E-state index in [-0.39, 0.29) is 11.8 Å². The Hall–Kier alpha value is -2.82. The first kappa shape index (κ1) is 19.9. The predicted octanol–water partition coefficient (Wildman–Crippen LogP) is 4.27. The lowest BCUT2D eigenvalue weighted by molar-refractivity contribution is -0.122. The molecule has 0 aliphatic carbocycles. The largest absolute Gasteiger partial charge is 0.481 e. The van der Waals surface area contributed by atoms with Crippen molar-refractivity contribution >= 4 is 17.5 Å². The minimum Gasteiger partial charge on any atom is -0.481 e. The van der Waals surface area contributed by atoms with E-state index in [1.807, 2.05) is 36.1 Å². The summed E-state index contributed by atoms with van der Waals surface area (Å²) in [6.45, 7) is 7.51. The smallest absolute Gasteiger partial charge is 0.265 e. The Morgan fingerprint density at radius 2 is 1.79 bits per heavy atom. The van der Waals surface area contributed by atoms with Crippen molar-refractivity contribution in [2.75, 3.05) is 18.4 Å². The number of carbonyl (C=O) groups excluding carboxylic acids is 2. The van der Waals surface area contributed by atoms with Crippen molar-refractivity contribution in [3.8, 4) is 5.75 Å². The van der Waals surface area contributed by atoms with E-state index in [9.17, 15) is 9.59 Å². The summed E-state index contributed by atoms with van der Waals surface area (Å²) in [6, 6.07) is 14.7. The normalized spacial score (nSPS) is 15.8. The first-order valence-electron chi connectivity index (χ1n) is 9.86. The minimum absolute atomic E-state index is 0.0203. The highest BCUT2D eigenvalue weighted by Gasteiger charge is 2.22. The summed E-state index contributed by atoms with van der Waals surface area (Å²) in [7, 11) is 0. The third-order valence-electron chi connectivity index (χ3n) is 5.15. The number of hydrogen-bond acceptors (Lipinski definition) is 3. The van der Waals surface area contributed by atoms with Crippen LogP contribution in [0.2, 0.25) is 0 Å². The Morgan fingerprint density at radius 1 is 1.11 bits per heavy atom. The molecule has 2 amide bonds. The highest BCUT2D eigenvalue weighted by atomic mass is 16.5. The second kappa shape index (κ2) is 8.91. The molecule has 1 unspecified atom stereocenters. The third kappa shape index (κ3) is 5.12. The highest BCUT2D eigenvalue weighted by Crippen LogP contribution is 2.20. The number of aryl methyl sites for hydroxylation is 1. The summed E-state index contributed by atoms with van der Waals surface area (Å²) < 4.78 is 5.70. The van der Waals surface area contributed by atoms with Crippen LogP contribution in [-0.2, 0) is 4.79 Å². The molecule has 1 N–H and O–H groups in total. The summed E-state index contributed by atoms with van der Waals surface area (Å²) in [4.78, 5) is 27.1. The topological polar surface area (TPSA) is 58.6 Å². The number of amides is 2. The Balaban J connectivity index is 1.61. The van der Waals surface area contributed by atoms with Crippen LogP contribution in [0.4, 0.5) is 5.69 Å². The summed E-state index contributed by atoms with van der Waals surface area (Å²) in [5, 5.41) is 2.84. The van der Waals surface area contributed by atoms with Gasteiger partial charge in [-0.2, -0.15) is 0 Å². The number of benzene rings is 2. The molecular weight excluding hydrogens is 352 g/mol. The fourth-order valence-corrected chi connectivity index (χ4v) is 3.24. The molecule has 2 aromatic rings. The van der Waals surface area contributed by atoms with Gasteiger partial charge in [-0.1, -0.05) is 30.7 Å². The van der Waals surface area contributed by atoms with Gasteiger partial charge in [0.25, 0.3) is 11.8 Å². The van der Waals surface area contributed by atoms with Crippen LogP contribution in [0.1, 0.15) is 42.6 Å². The van der Waals surface area contributed by atoms with Crippen LogP contribution in [0.15, 0.2) is 48.5 Å². The second-order valence-electron chi connectivity index (χ2n) is 7.62. The molecule has 28 heavy (non-hydrogen) atoms. The van der Waals surface area contributed by atoms with Gasteiger partial charge in [-0.3, -0.25) is 9.59 Å². The van der Waals surface area contributed by atoms with Gasteiger partial charge in [0.15, 0.2) is 6.10 Å². The van der Waals surface area contributed by atoms with Crippen molar-refractivity contribution in [3.05, 3.63) is 59.7 Å². The van der Waals surface area contributed by atoms with Gasteiger partial charge in [-0.05, 0) is 62.9 Å². The quantitative estimate of drug-likeness (QED) is 0.843. The fraction of sp³-hybridized carbons (Fsp3) is 0.391. The van der Waals surface area contributed by atoms with E-state index in [0.717, 1.165) is 31.5 Å². The Kier molecular flexibility index (Phi) is 6.34. The van der Waals surface area contributed by atoms with Gasteiger partial charge >= 0.3 is 0 Å². The molecule has 0 bridgehead atoms. The van der Waals surface area contributed by atoms with Crippen LogP contribution in [0.25, 0.3) is 0 Å². The molecule has 1 atom stereocenters. The number of piperidine rings is 1. The number of carbonyl (C=O) groups is 2. The number of anilines is 1. The predicted molar refractivity (Wildman–Crippen MR) is 111 cm³/mol. The van der Waals surface area contributed by atoms with Crippen LogP contribution in [0, 0.1) is 12.8 Å². The molecule has 3 rings (SSSR count). The molecule has 5 heteroatoms. The molecule has 1 aliphatic rings. The standard InChI is InChI=1S/C23H28N2O3/c1-16-7-9-21(10-8-16)28-18(3)22(26)24-20-6-4-5-19(15-20)23(27)25-13-11-17(2)12-14-25/h4-10,15,17-18H,11-14H2,1-3H3,(H,24,26). The minimum atomic E-state index is -0.648. The molecule has 1 heterocycles. The average Bonchev–Trinajstić information content (AvgIpc) is 2.70. The van der Waals surface area contributed by atoms with Crippen molar-refractivity contribution in [1.29, 1.82) is 0 Å². The van der Waals surface area contributed by atoms with Crippen LogP contribution >= 0.6 is 0 Å². The number of nitrogens with zero attached hydrogens (tertiary/aromatic N) is 1. The molecular formula is C23H28N2O3. The summed E-state index contributed by atoms with van der Waals surface area (Å²) in [5.41, 5.74) is 2.33. The van der Waals surface area contributed by atoms with Crippen LogP contribution in [0.3, 0.4) is 0 Å². The van der Waals surface area contributed by atoms with E-state index in [0.29, 0.717) is 22.9 Å². The number of hydrogen-bond donors (Lipinski definition) is 1. The lowest BCUT2D eigenvalue weighted by Gasteiger charge is -2.30. The van der Waals surface area contributed by atoms with E-state index in [2.05, 4.69) is 12.2 Å². The molecule has 2 aromatic carbocycles. The second-order valence-corrected chi connectivity index (χ2v) is 7.62. The number of nitrogens with one attached hydrogen (secondary N) is 1.